The predicted octanol–water partition coefficient (Wildman–Crippen LogP) is 3.16. The molecule has 19 heavy (non-hydrogen) atoms. The highest BCUT2D eigenvalue weighted by Gasteiger charge is 2.17. The lowest BCUT2D eigenvalue weighted by atomic mass is 10.1. The van der Waals surface area contributed by atoms with Crippen LogP contribution in [0.2, 0.25) is 10.0 Å². The average Bonchev–Trinajstić information content (AvgIpc) is 2.67. The predicted molar refractivity (Wildman–Crippen MR) is 77.5 cm³/mol. The van der Waals surface area contributed by atoms with Gasteiger partial charge in [0.25, 0.3) is 0 Å². The van der Waals surface area contributed by atoms with Crippen LogP contribution in [0.15, 0.2) is 18.3 Å². The third-order valence-electron chi connectivity index (χ3n) is 3.00. The Morgan fingerprint density at radius 3 is 2.68 bits per heavy atom. The van der Waals surface area contributed by atoms with Crippen molar-refractivity contribution in [2.75, 3.05) is 0 Å². The molecule has 0 fully saturated rings. The van der Waals surface area contributed by atoms with Gasteiger partial charge in [0.2, 0.25) is 0 Å². The molecule has 2 heterocycles. The van der Waals surface area contributed by atoms with Crippen molar-refractivity contribution in [3.63, 3.8) is 0 Å². The molecule has 0 aromatic carbocycles. The monoisotopic (exact) mass is 298 g/mol. The molecule has 0 aliphatic heterocycles. The van der Waals surface area contributed by atoms with Gasteiger partial charge in [0.15, 0.2) is 0 Å². The molecule has 2 rings (SSSR count). The Morgan fingerprint density at radius 2 is 2.11 bits per heavy atom. The van der Waals surface area contributed by atoms with E-state index < -0.39 is 0 Å². The second-order valence-electron chi connectivity index (χ2n) is 4.37. The van der Waals surface area contributed by atoms with Crippen molar-refractivity contribution in [1.29, 1.82) is 0 Å². The van der Waals surface area contributed by atoms with Crippen LogP contribution in [0.25, 0.3) is 0 Å². The Bertz CT molecular complexity index is 563. The smallest absolute Gasteiger partial charge is 0.0847 e. The minimum absolute atomic E-state index is 0.226. The van der Waals surface area contributed by atoms with E-state index in [4.69, 9.17) is 28.9 Å². The van der Waals surface area contributed by atoms with E-state index >= 15 is 0 Å². The maximum absolute atomic E-state index is 6.27. The average molecular weight is 299 g/mol. The summed E-state index contributed by atoms with van der Waals surface area (Å²) >= 11 is 12.1. The molecule has 0 spiro atoms. The summed E-state index contributed by atoms with van der Waals surface area (Å²) < 4.78 is 1.88. The summed E-state index contributed by atoms with van der Waals surface area (Å²) in [5.74, 6) is 0. The summed E-state index contributed by atoms with van der Waals surface area (Å²) in [5.41, 5.74) is 8.75. The number of aromatic nitrogens is 3. The molecule has 0 aliphatic rings. The minimum Gasteiger partial charge on any atom is -0.322 e. The first-order valence-corrected chi connectivity index (χ1v) is 6.87. The number of hydrogen-bond donors (Lipinski definition) is 1. The normalized spacial score (nSPS) is 12.7. The molecule has 1 atom stereocenters. The first-order chi connectivity index (χ1) is 9.02. The zero-order chi connectivity index (χ0) is 14.0. The molecule has 0 saturated heterocycles. The highest BCUT2D eigenvalue weighted by atomic mass is 35.5. The second-order valence-corrected chi connectivity index (χ2v) is 5.19. The lowest BCUT2D eigenvalue weighted by Gasteiger charge is -2.12. The molecule has 2 N–H and O–H groups in total. The Morgan fingerprint density at radius 1 is 1.37 bits per heavy atom. The molecule has 102 valence electrons. The Kier molecular flexibility index (Phi) is 4.45. The van der Waals surface area contributed by atoms with Gasteiger partial charge in [-0.3, -0.25) is 9.67 Å². The van der Waals surface area contributed by atoms with Crippen molar-refractivity contribution in [1.82, 2.24) is 14.8 Å². The topological polar surface area (TPSA) is 56.7 Å². The van der Waals surface area contributed by atoms with Crippen molar-refractivity contribution >= 4 is 23.2 Å². The standard InChI is InChI=1S/C13H16Cl2N4/c1-3-19-12(13(15)8(2)18-19)6-10(16)11-5-4-9(14)7-17-11/h4-5,7,10H,3,6,16H2,1-2H3. The van der Waals surface area contributed by atoms with E-state index in [1.165, 1.54) is 0 Å². The van der Waals surface area contributed by atoms with Gasteiger partial charge in [-0.05, 0) is 26.0 Å². The molecule has 2 aromatic rings. The molecule has 0 bridgehead atoms. The first-order valence-electron chi connectivity index (χ1n) is 6.11. The van der Waals surface area contributed by atoms with Gasteiger partial charge in [0.05, 0.1) is 33.2 Å². The van der Waals surface area contributed by atoms with E-state index in [1.807, 2.05) is 24.6 Å². The van der Waals surface area contributed by atoms with Crippen LogP contribution in [-0.2, 0) is 13.0 Å². The summed E-state index contributed by atoms with van der Waals surface area (Å²) in [5, 5.41) is 5.66. The van der Waals surface area contributed by atoms with Crippen molar-refractivity contribution in [3.05, 3.63) is 45.5 Å². The summed E-state index contributed by atoms with van der Waals surface area (Å²) in [6.07, 6.45) is 2.20. The molecule has 2 aromatic heterocycles. The first kappa shape index (κ1) is 14.3. The van der Waals surface area contributed by atoms with Crippen LogP contribution in [0.4, 0.5) is 0 Å². The van der Waals surface area contributed by atoms with Gasteiger partial charge in [-0.15, -0.1) is 0 Å². The molecule has 0 saturated carbocycles. The van der Waals surface area contributed by atoms with Crippen LogP contribution in [0.3, 0.4) is 0 Å². The van der Waals surface area contributed by atoms with Crippen LogP contribution in [0, 0.1) is 6.92 Å². The molecule has 0 amide bonds. The van der Waals surface area contributed by atoms with E-state index in [9.17, 15) is 0 Å². The van der Waals surface area contributed by atoms with Gasteiger partial charge in [-0.2, -0.15) is 5.10 Å². The van der Waals surface area contributed by atoms with Gasteiger partial charge in [-0.25, -0.2) is 0 Å². The maximum Gasteiger partial charge on any atom is 0.0847 e. The Hall–Kier alpha value is -1.10. The van der Waals surface area contributed by atoms with E-state index in [0.717, 1.165) is 23.6 Å². The number of pyridine rings is 1. The second kappa shape index (κ2) is 5.90. The fourth-order valence-corrected chi connectivity index (χ4v) is 2.31. The van der Waals surface area contributed by atoms with Gasteiger partial charge in [0, 0.05) is 19.2 Å². The van der Waals surface area contributed by atoms with E-state index in [2.05, 4.69) is 10.1 Å². The molecule has 0 radical (unpaired) electrons. The number of rotatable bonds is 4. The van der Waals surface area contributed by atoms with Crippen molar-refractivity contribution < 1.29 is 0 Å². The highest BCUT2D eigenvalue weighted by Crippen LogP contribution is 2.24. The van der Waals surface area contributed by atoms with Crippen LogP contribution in [0.1, 0.15) is 30.0 Å². The molecule has 6 heteroatoms. The quantitative estimate of drug-likeness (QED) is 0.943. The third kappa shape index (κ3) is 3.08. The zero-order valence-electron chi connectivity index (χ0n) is 10.9. The Labute approximate surface area is 122 Å². The van der Waals surface area contributed by atoms with Gasteiger partial charge < -0.3 is 5.73 Å². The molecular formula is C13H16Cl2N4. The lowest BCUT2D eigenvalue weighted by Crippen LogP contribution is -2.17. The number of nitrogens with two attached hydrogens (primary N) is 1. The molecule has 1 unspecified atom stereocenters. The van der Waals surface area contributed by atoms with Crippen molar-refractivity contribution in [3.8, 4) is 0 Å². The Balaban J connectivity index is 2.23. The van der Waals surface area contributed by atoms with Gasteiger partial charge in [0.1, 0.15) is 0 Å². The van der Waals surface area contributed by atoms with Gasteiger partial charge in [-0.1, -0.05) is 23.2 Å². The molecule has 0 aliphatic carbocycles. The van der Waals surface area contributed by atoms with Crippen molar-refractivity contribution in [2.45, 2.75) is 32.9 Å². The van der Waals surface area contributed by atoms with E-state index in [0.29, 0.717) is 16.5 Å². The summed E-state index contributed by atoms with van der Waals surface area (Å²) in [6.45, 7) is 4.69. The van der Waals surface area contributed by atoms with Crippen LogP contribution < -0.4 is 5.73 Å². The minimum atomic E-state index is -0.226. The number of nitrogens with zero attached hydrogens (tertiary/aromatic N) is 3. The summed E-state index contributed by atoms with van der Waals surface area (Å²) in [4.78, 5) is 4.24. The summed E-state index contributed by atoms with van der Waals surface area (Å²) in [7, 11) is 0. The van der Waals surface area contributed by atoms with E-state index in [-0.39, 0.29) is 6.04 Å². The fourth-order valence-electron chi connectivity index (χ4n) is 1.98. The van der Waals surface area contributed by atoms with Crippen LogP contribution in [0.5, 0.6) is 0 Å². The van der Waals surface area contributed by atoms with E-state index in [1.54, 1.807) is 12.3 Å². The maximum atomic E-state index is 6.27. The number of hydrogen-bond acceptors (Lipinski definition) is 3. The van der Waals surface area contributed by atoms with Gasteiger partial charge >= 0.3 is 0 Å². The highest BCUT2D eigenvalue weighted by molar-refractivity contribution is 6.31. The lowest BCUT2D eigenvalue weighted by molar-refractivity contribution is 0.582. The number of halogens is 2. The summed E-state index contributed by atoms with van der Waals surface area (Å²) in [6, 6.07) is 3.39. The van der Waals surface area contributed by atoms with Crippen LogP contribution in [-0.4, -0.2) is 14.8 Å². The SMILES string of the molecule is CCn1nc(C)c(Cl)c1CC(N)c1ccc(Cl)cn1. The third-order valence-corrected chi connectivity index (χ3v) is 3.71. The van der Waals surface area contributed by atoms with Crippen molar-refractivity contribution in [2.24, 2.45) is 5.73 Å². The fraction of sp³-hybridized carbons (Fsp3) is 0.385. The van der Waals surface area contributed by atoms with Crippen LogP contribution >= 0.6 is 23.2 Å². The zero-order valence-corrected chi connectivity index (χ0v) is 12.4. The molecule has 4 nitrogen and oxygen atoms in total. The molecular weight excluding hydrogens is 283 g/mol. The largest absolute Gasteiger partial charge is 0.322 e. The number of aryl methyl sites for hydroxylation is 2.